The van der Waals surface area contributed by atoms with Crippen LogP contribution in [0.25, 0.3) is 22.4 Å². The number of imidazole rings is 1. The molecule has 3 aromatic carbocycles. The molecule has 0 aliphatic carbocycles. The summed E-state index contributed by atoms with van der Waals surface area (Å²) in [7, 11) is -3.86. The minimum absolute atomic E-state index is 0.000597. The number of hydrogen-bond acceptors (Lipinski definition) is 7. The smallest absolute Gasteiger partial charge is 0.338 e. The minimum atomic E-state index is -3.86. The Morgan fingerprint density at radius 1 is 0.976 bits per heavy atom. The molecule has 0 aliphatic heterocycles. The number of rotatable bonds is 9. The van der Waals surface area contributed by atoms with Gasteiger partial charge in [0.1, 0.15) is 11.6 Å². The summed E-state index contributed by atoms with van der Waals surface area (Å²) in [6.07, 6.45) is 0.658. The lowest BCUT2D eigenvalue weighted by Gasteiger charge is -2.16. The molecule has 0 spiro atoms. The zero-order chi connectivity index (χ0) is 29.0. The van der Waals surface area contributed by atoms with Gasteiger partial charge in [-0.15, -0.1) is 0 Å². The van der Waals surface area contributed by atoms with E-state index in [0.29, 0.717) is 22.5 Å². The van der Waals surface area contributed by atoms with E-state index in [1.54, 1.807) is 37.3 Å². The number of sulfonamides is 1. The van der Waals surface area contributed by atoms with E-state index in [1.165, 1.54) is 36.5 Å². The zero-order valence-corrected chi connectivity index (χ0v) is 23.1. The number of aryl methyl sites for hydroxylation is 1. The molecule has 2 heterocycles. The molecule has 0 bridgehead atoms. The topological polar surface area (TPSA) is 143 Å². The van der Waals surface area contributed by atoms with Crippen LogP contribution < -0.4 is 10.0 Å². The lowest BCUT2D eigenvalue weighted by molar-refractivity contribution is -0.124. The van der Waals surface area contributed by atoms with E-state index in [4.69, 9.17) is 4.74 Å². The maximum atomic E-state index is 12.9. The van der Waals surface area contributed by atoms with Crippen LogP contribution in [0.1, 0.15) is 29.3 Å². The number of anilines is 2. The number of esters is 1. The van der Waals surface area contributed by atoms with E-state index in [0.717, 1.165) is 11.1 Å². The molecule has 0 fully saturated rings. The second kappa shape index (κ2) is 11.6. The molecule has 5 rings (SSSR count). The van der Waals surface area contributed by atoms with Crippen molar-refractivity contribution in [3.63, 3.8) is 0 Å². The van der Waals surface area contributed by atoms with Crippen molar-refractivity contribution in [2.24, 2.45) is 0 Å². The van der Waals surface area contributed by atoms with Crippen LogP contribution in [0.15, 0.2) is 96.0 Å². The van der Waals surface area contributed by atoms with Crippen LogP contribution in [0.4, 0.5) is 11.5 Å². The molecule has 1 atom stereocenters. The van der Waals surface area contributed by atoms with Gasteiger partial charge < -0.3 is 15.0 Å². The highest BCUT2D eigenvalue weighted by Crippen LogP contribution is 2.23. The van der Waals surface area contributed by atoms with Crippen molar-refractivity contribution in [3.05, 3.63) is 102 Å². The summed E-state index contributed by atoms with van der Waals surface area (Å²) in [5.74, 6) is -0.312. The number of aromatic amines is 1. The first-order chi connectivity index (χ1) is 19.7. The predicted molar refractivity (Wildman–Crippen MR) is 156 cm³/mol. The Hall–Kier alpha value is -5.03. The third-order valence-electron chi connectivity index (χ3n) is 6.29. The fourth-order valence-corrected chi connectivity index (χ4v) is 5.07. The van der Waals surface area contributed by atoms with Gasteiger partial charge in [0.2, 0.25) is 0 Å². The number of fused-ring (bicyclic) bond motifs is 1. The molecular weight excluding hydrogens is 542 g/mol. The monoisotopic (exact) mass is 569 g/mol. The number of aromatic nitrogens is 3. The number of pyridine rings is 1. The number of carbonyl (C=O) groups excluding carboxylic acids is 2. The van der Waals surface area contributed by atoms with Gasteiger partial charge in [0.25, 0.3) is 15.9 Å². The average Bonchev–Trinajstić information content (AvgIpc) is 3.40. The molecule has 208 valence electrons. The fraction of sp³-hybridized carbons (Fsp3) is 0.133. The first-order valence-corrected chi connectivity index (χ1v) is 14.3. The van der Waals surface area contributed by atoms with E-state index >= 15 is 0 Å². The number of hydrogen-bond donors (Lipinski definition) is 3. The van der Waals surface area contributed by atoms with Gasteiger partial charge in [-0.2, -0.15) is 0 Å². The summed E-state index contributed by atoms with van der Waals surface area (Å²) < 4.78 is 33.1. The Balaban J connectivity index is 1.23. The molecule has 3 N–H and O–H groups in total. The summed E-state index contributed by atoms with van der Waals surface area (Å²) in [6.45, 7) is 3.73. The van der Waals surface area contributed by atoms with Gasteiger partial charge in [-0.3, -0.25) is 9.52 Å². The number of amides is 1. The zero-order valence-electron chi connectivity index (χ0n) is 22.3. The van der Waals surface area contributed by atoms with Crippen molar-refractivity contribution >= 4 is 44.4 Å². The maximum absolute atomic E-state index is 12.9. The Morgan fingerprint density at radius 3 is 2.41 bits per heavy atom. The van der Waals surface area contributed by atoms with E-state index < -0.39 is 28.0 Å². The largest absolute Gasteiger partial charge is 0.449 e. The summed E-state index contributed by atoms with van der Waals surface area (Å²) in [4.78, 5) is 37.6. The van der Waals surface area contributed by atoms with Crippen LogP contribution in [0.5, 0.6) is 0 Å². The molecule has 0 aliphatic rings. The molecule has 2 aromatic heterocycles. The van der Waals surface area contributed by atoms with Gasteiger partial charge in [-0.1, -0.05) is 42.8 Å². The third-order valence-corrected chi connectivity index (χ3v) is 7.66. The Labute approximate surface area is 236 Å². The fourth-order valence-electron chi connectivity index (χ4n) is 4.06. The summed E-state index contributed by atoms with van der Waals surface area (Å²) in [6, 6.07) is 23.4. The third kappa shape index (κ3) is 6.42. The molecule has 0 saturated heterocycles. The summed E-state index contributed by atoms with van der Waals surface area (Å²) in [5.41, 5.74) is 4.06. The molecule has 0 radical (unpaired) electrons. The van der Waals surface area contributed by atoms with Crippen LogP contribution in [0.2, 0.25) is 0 Å². The van der Waals surface area contributed by atoms with Gasteiger partial charge in [0, 0.05) is 17.4 Å². The molecule has 1 amide bonds. The van der Waals surface area contributed by atoms with E-state index in [9.17, 15) is 18.0 Å². The van der Waals surface area contributed by atoms with Crippen LogP contribution in [0, 0.1) is 6.92 Å². The predicted octanol–water partition coefficient (Wildman–Crippen LogP) is 5.31. The highest BCUT2D eigenvalue weighted by Gasteiger charge is 2.23. The number of H-pyrrole nitrogens is 1. The number of benzene rings is 3. The van der Waals surface area contributed by atoms with Gasteiger partial charge in [0.05, 0.1) is 21.5 Å². The first-order valence-electron chi connectivity index (χ1n) is 12.8. The molecule has 11 heteroatoms. The highest BCUT2D eigenvalue weighted by atomic mass is 32.2. The van der Waals surface area contributed by atoms with Gasteiger partial charge in [-0.05, 0) is 67.9 Å². The van der Waals surface area contributed by atoms with Crippen molar-refractivity contribution in [3.8, 4) is 11.4 Å². The molecule has 10 nitrogen and oxygen atoms in total. The SMILES string of the molecule is CCC(OC(=O)c1ccc2nc(-c3ccc(C)cc3)[nH]c2c1)C(=O)Nc1ccc(S(=O)(=O)Nc2ccccn2)cc1. The Bertz CT molecular complexity index is 1800. The molecule has 0 saturated carbocycles. The number of ether oxygens (including phenoxy) is 1. The maximum Gasteiger partial charge on any atom is 0.338 e. The Morgan fingerprint density at radius 2 is 1.73 bits per heavy atom. The van der Waals surface area contributed by atoms with Gasteiger partial charge >= 0.3 is 5.97 Å². The highest BCUT2D eigenvalue weighted by molar-refractivity contribution is 7.92. The molecule has 1 unspecified atom stereocenters. The molecular formula is C30H27N5O5S. The standard InChI is InChI=1S/C30H27N5O5S/c1-3-26(29(36)32-22-12-14-23(15-13-22)41(38,39)35-27-6-4-5-17-31-27)40-30(37)21-11-16-24-25(18-21)34-28(33-24)20-9-7-19(2)8-10-20/h4-18,26H,3H2,1-2H3,(H,31,35)(H,32,36)(H,33,34). The second-order valence-electron chi connectivity index (χ2n) is 9.32. The van der Waals surface area contributed by atoms with Gasteiger partial charge in [-0.25, -0.2) is 23.2 Å². The minimum Gasteiger partial charge on any atom is -0.449 e. The van der Waals surface area contributed by atoms with E-state index in [2.05, 4.69) is 25.0 Å². The lowest BCUT2D eigenvalue weighted by Crippen LogP contribution is -2.32. The Kier molecular flexibility index (Phi) is 7.79. The molecule has 41 heavy (non-hydrogen) atoms. The van der Waals surface area contributed by atoms with E-state index in [-0.39, 0.29) is 22.7 Å². The van der Waals surface area contributed by atoms with Crippen LogP contribution in [-0.4, -0.2) is 41.4 Å². The van der Waals surface area contributed by atoms with E-state index in [1.807, 2.05) is 31.2 Å². The number of nitrogens with one attached hydrogen (secondary N) is 3. The van der Waals surface area contributed by atoms with Crippen molar-refractivity contribution in [1.82, 2.24) is 15.0 Å². The number of nitrogens with zero attached hydrogens (tertiary/aromatic N) is 2. The van der Waals surface area contributed by atoms with Crippen molar-refractivity contribution in [2.75, 3.05) is 10.0 Å². The summed E-state index contributed by atoms with van der Waals surface area (Å²) >= 11 is 0. The molecule has 5 aromatic rings. The summed E-state index contributed by atoms with van der Waals surface area (Å²) in [5, 5.41) is 2.67. The van der Waals surface area contributed by atoms with Crippen molar-refractivity contribution in [1.29, 1.82) is 0 Å². The van der Waals surface area contributed by atoms with Gasteiger partial charge in [0.15, 0.2) is 6.10 Å². The second-order valence-corrected chi connectivity index (χ2v) is 11.0. The van der Waals surface area contributed by atoms with Crippen LogP contribution >= 0.6 is 0 Å². The normalized spacial score (nSPS) is 12.0. The lowest BCUT2D eigenvalue weighted by atomic mass is 10.1. The average molecular weight is 570 g/mol. The van der Waals surface area contributed by atoms with Crippen LogP contribution in [0.3, 0.4) is 0 Å². The number of carbonyl (C=O) groups is 2. The first kappa shape index (κ1) is 27.5. The van der Waals surface area contributed by atoms with Crippen molar-refractivity contribution in [2.45, 2.75) is 31.3 Å². The van der Waals surface area contributed by atoms with Crippen molar-refractivity contribution < 1.29 is 22.7 Å². The van der Waals surface area contributed by atoms with Crippen LogP contribution in [-0.2, 0) is 19.6 Å². The quantitative estimate of drug-likeness (QED) is 0.204.